The maximum atomic E-state index is 4.31. The highest BCUT2D eigenvalue weighted by Gasteiger charge is 2.25. The number of hydrogen-bond donors (Lipinski definition) is 1. The smallest absolute Gasteiger partial charge is 0.0951 e. The molecule has 19 heavy (non-hydrogen) atoms. The molecule has 1 aliphatic rings. The summed E-state index contributed by atoms with van der Waals surface area (Å²) in [5.41, 5.74) is 2.65. The molecule has 0 amide bonds. The third-order valence-electron chi connectivity index (χ3n) is 3.84. The fraction of sp³-hybridized carbons (Fsp3) is 0.533. The molecule has 1 unspecified atom stereocenters. The minimum Gasteiger partial charge on any atom is -0.344 e. The Morgan fingerprint density at radius 3 is 3.05 bits per heavy atom. The van der Waals surface area contributed by atoms with Gasteiger partial charge in [0.1, 0.15) is 0 Å². The summed E-state index contributed by atoms with van der Waals surface area (Å²) < 4.78 is 4.66. The molecule has 0 aromatic carbocycles. The van der Waals surface area contributed by atoms with Crippen molar-refractivity contribution in [1.29, 1.82) is 0 Å². The SMILES string of the molecule is CCNC(C)c1cccn1Cc1cncn1C1CC1. The van der Waals surface area contributed by atoms with E-state index in [0.29, 0.717) is 12.1 Å². The van der Waals surface area contributed by atoms with Crippen molar-refractivity contribution in [1.82, 2.24) is 19.4 Å². The van der Waals surface area contributed by atoms with Crippen molar-refractivity contribution in [3.05, 3.63) is 42.2 Å². The van der Waals surface area contributed by atoms with Crippen LogP contribution in [0.2, 0.25) is 0 Å². The molecule has 1 aliphatic carbocycles. The van der Waals surface area contributed by atoms with E-state index in [4.69, 9.17) is 0 Å². The van der Waals surface area contributed by atoms with Gasteiger partial charge in [-0.15, -0.1) is 0 Å². The van der Waals surface area contributed by atoms with Crippen molar-refractivity contribution in [3.63, 3.8) is 0 Å². The first-order chi connectivity index (χ1) is 9.29. The summed E-state index contributed by atoms with van der Waals surface area (Å²) >= 11 is 0. The summed E-state index contributed by atoms with van der Waals surface area (Å²) in [4.78, 5) is 4.31. The Bertz CT molecular complexity index is 536. The zero-order chi connectivity index (χ0) is 13.2. The Balaban J connectivity index is 1.79. The molecule has 4 nitrogen and oxygen atoms in total. The van der Waals surface area contributed by atoms with Crippen LogP contribution in [0.1, 0.15) is 50.2 Å². The second-order valence-corrected chi connectivity index (χ2v) is 5.36. The molecular weight excluding hydrogens is 236 g/mol. The Kier molecular flexibility index (Phi) is 3.42. The van der Waals surface area contributed by atoms with Crippen molar-refractivity contribution in [2.75, 3.05) is 6.54 Å². The summed E-state index contributed by atoms with van der Waals surface area (Å²) in [6, 6.07) is 5.41. The van der Waals surface area contributed by atoms with Crippen LogP contribution in [0.25, 0.3) is 0 Å². The van der Waals surface area contributed by atoms with Crippen LogP contribution in [-0.4, -0.2) is 20.7 Å². The Labute approximate surface area is 114 Å². The van der Waals surface area contributed by atoms with Gasteiger partial charge in [0.15, 0.2) is 0 Å². The lowest BCUT2D eigenvalue weighted by Crippen LogP contribution is -2.21. The molecule has 1 saturated carbocycles. The molecule has 0 spiro atoms. The Hall–Kier alpha value is -1.55. The van der Waals surface area contributed by atoms with Crippen molar-refractivity contribution < 1.29 is 0 Å². The van der Waals surface area contributed by atoms with Crippen LogP contribution in [0.15, 0.2) is 30.9 Å². The molecule has 2 aromatic heterocycles. The number of rotatable bonds is 6. The average molecular weight is 258 g/mol. The lowest BCUT2D eigenvalue weighted by Gasteiger charge is -2.17. The first-order valence-electron chi connectivity index (χ1n) is 7.18. The highest BCUT2D eigenvalue weighted by Crippen LogP contribution is 2.35. The van der Waals surface area contributed by atoms with Crippen molar-refractivity contribution >= 4 is 0 Å². The van der Waals surface area contributed by atoms with Gasteiger partial charge in [-0.3, -0.25) is 0 Å². The molecule has 3 rings (SSSR count). The summed E-state index contributed by atoms with van der Waals surface area (Å²) in [5, 5.41) is 3.47. The van der Waals surface area contributed by atoms with Crippen molar-refractivity contribution in [2.24, 2.45) is 0 Å². The second kappa shape index (κ2) is 5.21. The van der Waals surface area contributed by atoms with Crippen LogP contribution in [-0.2, 0) is 6.54 Å². The fourth-order valence-corrected chi connectivity index (χ4v) is 2.69. The van der Waals surface area contributed by atoms with E-state index < -0.39 is 0 Å². The minimum absolute atomic E-state index is 0.386. The monoisotopic (exact) mass is 258 g/mol. The van der Waals surface area contributed by atoms with Gasteiger partial charge in [-0.25, -0.2) is 4.98 Å². The van der Waals surface area contributed by atoms with Crippen LogP contribution in [0.4, 0.5) is 0 Å². The minimum atomic E-state index is 0.386. The van der Waals surface area contributed by atoms with Crippen LogP contribution in [0, 0.1) is 0 Å². The molecule has 1 N–H and O–H groups in total. The predicted molar refractivity (Wildman–Crippen MR) is 76.1 cm³/mol. The molecular formula is C15H22N4. The maximum absolute atomic E-state index is 4.31. The molecule has 0 aliphatic heterocycles. The molecule has 0 bridgehead atoms. The van der Waals surface area contributed by atoms with Crippen molar-refractivity contribution in [2.45, 2.75) is 45.3 Å². The molecule has 0 saturated heterocycles. The summed E-state index contributed by atoms with van der Waals surface area (Å²) in [6.07, 6.45) is 8.74. The molecule has 102 valence electrons. The normalized spacial score (nSPS) is 16.7. The third-order valence-corrected chi connectivity index (χ3v) is 3.84. The summed E-state index contributed by atoms with van der Waals surface area (Å²) in [6.45, 7) is 6.26. The number of nitrogens with zero attached hydrogens (tertiary/aromatic N) is 3. The number of nitrogens with one attached hydrogen (secondary N) is 1. The van der Waals surface area contributed by atoms with E-state index >= 15 is 0 Å². The van der Waals surface area contributed by atoms with Gasteiger partial charge in [-0.1, -0.05) is 6.92 Å². The third kappa shape index (κ3) is 2.59. The highest BCUT2D eigenvalue weighted by molar-refractivity contribution is 5.14. The summed E-state index contributed by atoms with van der Waals surface area (Å²) in [7, 11) is 0. The van der Waals surface area contributed by atoms with Crippen LogP contribution >= 0.6 is 0 Å². The standard InChI is InChI=1S/C15H22N4/c1-3-17-12(2)15-5-4-8-18(15)10-14-9-16-11-19(14)13-6-7-13/h4-5,8-9,11-13,17H,3,6-7,10H2,1-2H3. The van der Waals surface area contributed by atoms with Gasteiger partial charge in [0.25, 0.3) is 0 Å². The molecule has 4 heteroatoms. The van der Waals surface area contributed by atoms with E-state index in [2.05, 4.69) is 51.6 Å². The lowest BCUT2D eigenvalue weighted by atomic mass is 10.2. The topological polar surface area (TPSA) is 34.8 Å². The highest BCUT2D eigenvalue weighted by atomic mass is 15.1. The van der Waals surface area contributed by atoms with E-state index in [0.717, 1.165) is 13.1 Å². The Morgan fingerprint density at radius 2 is 2.32 bits per heavy atom. The van der Waals surface area contributed by atoms with Crippen LogP contribution < -0.4 is 5.32 Å². The van der Waals surface area contributed by atoms with Gasteiger partial charge in [-0.05, 0) is 38.4 Å². The van der Waals surface area contributed by atoms with Crippen LogP contribution in [0.3, 0.4) is 0 Å². The van der Waals surface area contributed by atoms with Gasteiger partial charge < -0.3 is 14.5 Å². The van der Waals surface area contributed by atoms with Gasteiger partial charge in [0, 0.05) is 30.2 Å². The zero-order valence-corrected chi connectivity index (χ0v) is 11.7. The van der Waals surface area contributed by atoms with Gasteiger partial charge in [0.05, 0.1) is 18.6 Å². The van der Waals surface area contributed by atoms with E-state index in [9.17, 15) is 0 Å². The number of aromatic nitrogens is 3. The quantitative estimate of drug-likeness (QED) is 0.864. The van der Waals surface area contributed by atoms with Gasteiger partial charge in [0.2, 0.25) is 0 Å². The maximum Gasteiger partial charge on any atom is 0.0951 e. The molecule has 0 radical (unpaired) electrons. The fourth-order valence-electron chi connectivity index (χ4n) is 2.69. The van der Waals surface area contributed by atoms with Gasteiger partial charge in [-0.2, -0.15) is 0 Å². The van der Waals surface area contributed by atoms with Crippen molar-refractivity contribution in [3.8, 4) is 0 Å². The zero-order valence-electron chi connectivity index (χ0n) is 11.7. The first kappa shape index (κ1) is 12.5. The van der Waals surface area contributed by atoms with E-state index in [1.165, 1.54) is 24.2 Å². The van der Waals surface area contributed by atoms with E-state index in [-0.39, 0.29) is 0 Å². The molecule has 2 aromatic rings. The van der Waals surface area contributed by atoms with Gasteiger partial charge >= 0.3 is 0 Å². The lowest BCUT2D eigenvalue weighted by molar-refractivity contribution is 0.545. The average Bonchev–Trinajstić information content (AvgIpc) is 2.96. The molecule has 2 heterocycles. The summed E-state index contributed by atoms with van der Waals surface area (Å²) in [5.74, 6) is 0. The predicted octanol–water partition coefficient (Wildman–Crippen LogP) is 2.74. The molecule has 1 fully saturated rings. The first-order valence-corrected chi connectivity index (χ1v) is 7.18. The largest absolute Gasteiger partial charge is 0.344 e. The number of hydrogen-bond acceptors (Lipinski definition) is 2. The van der Waals surface area contributed by atoms with E-state index in [1.54, 1.807) is 0 Å². The second-order valence-electron chi connectivity index (χ2n) is 5.36. The Morgan fingerprint density at radius 1 is 1.47 bits per heavy atom. The van der Waals surface area contributed by atoms with E-state index in [1.807, 2.05) is 12.5 Å². The number of imidazole rings is 1. The van der Waals surface area contributed by atoms with Crippen LogP contribution in [0.5, 0.6) is 0 Å². The molecule has 1 atom stereocenters.